The second-order valence-corrected chi connectivity index (χ2v) is 7.46. The van der Waals surface area contributed by atoms with Crippen LogP contribution in [0.3, 0.4) is 0 Å². The van der Waals surface area contributed by atoms with E-state index in [-0.39, 0.29) is 37.3 Å². The third-order valence-corrected chi connectivity index (χ3v) is 5.18. The molecule has 2 amide bonds. The van der Waals surface area contributed by atoms with Crippen molar-refractivity contribution < 1.29 is 23.5 Å². The Balaban J connectivity index is 1.71. The van der Waals surface area contributed by atoms with E-state index in [1.54, 1.807) is 38.3 Å². The second kappa shape index (κ2) is 11.7. The first kappa shape index (κ1) is 23.8. The Bertz CT molecular complexity index is 1060. The maximum atomic E-state index is 13.3. The minimum atomic E-state index is -0.781. The first-order valence-corrected chi connectivity index (χ1v) is 10.6. The predicted octanol–water partition coefficient (Wildman–Crippen LogP) is 3.95. The lowest BCUT2D eigenvalue weighted by Gasteiger charge is -2.29. The van der Waals surface area contributed by atoms with Crippen molar-refractivity contribution in [2.24, 2.45) is 0 Å². The lowest BCUT2D eigenvalue weighted by Crippen LogP contribution is -2.48. The zero-order chi connectivity index (χ0) is 23.6. The van der Waals surface area contributed by atoms with Crippen LogP contribution in [-0.2, 0) is 22.7 Å². The van der Waals surface area contributed by atoms with Gasteiger partial charge in [0.05, 0.1) is 7.11 Å². The molecule has 1 N–H and O–H groups in total. The Hall–Kier alpha value is -3.87. The van der Waals surface area contributed by atoms with Gasteiger partial charge in [0.15, 0.2) is 6.61 Å². The average Bonchev–Trinajstić information content (AvgIpc) is 2.85. The van der Waals surface area contributed by atoms with Gasteiger partial charge in [-0.25, -0.2) is 4.39 Å². The first-order valence-electron chi connectivity index (χ1n) is 10.6. The number of carbonyl (C=O) groups is 2. The van der Waals surface area contributed by atoms with Gasteiger partial charge in [-0.05, 0) is 42.8 Å². The van der Waals surface area contributed by atoms with Crippen LogP contribution < -0.4 is 14.8 Å². The molecule has 6 nitrogen and oxygen atoms in total. The van der Waals surface area contributed by atoms with E-state index in [0.29, 0.717) is 17.1 Å². The Morgan fingerprint density at radius 3 is 2.33 bits per heavy atom. The fraction of sp³-hybridized carbons (Fsp3) is 0.231. The van der Waals surface area contributed by atoms with E-state index < -0.39 is 6.04 Å². The molecule has 0 bridgehead atoms. The first-order chi connectivity index (χ1) is 16.0. The van der Waals surface area contributed by atoms with Crippen LogP contribution in [0.4, 0.5) is 4.39 Å². The molecule has 3 aromatic rings. The number of para-hydroxylation sites is 2. The molecule has 0 aromatic heterocycles. The van der Waals surface area contributed by atoms with Crippen molar-refractivity contribution in [3.8, 4) is 11.5 Å². The summed E-state index contributed by atoms with van der Waals surface area (Å²) in [6, 6.07) is 21.4. The highest BCUT2D eigenvalue weighted by molar-refractivity contribution is 5.88. The zero-order valence-corrected chi connectivity index (χ0v) is 18.7. The maximum absolute atomic E-state index is 13.3. The van der Waals surface area contributed by atoms with E-state index in [2.05, 4.69) is 5.32 Å². The van der Waals surface area contributed by atoms with E-state index in [0.717, 1.165) is 5.56 Å². The molecule has 0 aliphatic rings. The van der Waals surface area contributed by atoms with Crippen LogP contribution in [0.2, 0.25) is 0 Å². The van der Waals surface area contributed by atoms with E-state index in [4.69, 9.17) is 9.47 Å². The molecule has 0 heterocycles. The number of hydrogen-bond acceptors (Lipinski definition) is 4. The molecule has 0 spiro atoms. The zero-order valence-electron chi connectivity index (χ0n) is 18.7. The summed E-state index contributed by atoms with van der Waals surface area (Å²) in [6.45, 7) is 1.82. The van der Waals surface area contributed by atoms with Crippen molar-refractivity contribution in [2.75, 3.05) is 13.7 Å². The molecule has 7 heteroatoms. The minimum absolute atomic E-state index is 0.139. The molecule has 0 unspecified atom stereocenters. The molecule has 172 valence electrons. The highest BCUT2D eigenvalue weighted by atomic mass is 19.1. The minimum Gasteiger partial charge on any atom is -0.496 e. The van der Waals surface area contributed by atoms with Gasteiger partial charge in [0, 0.05) is 18.7 Å². The number of amides is 2. The van der Waals surface area contributed by atoms with Gasteiger partial charge >= 0.3 is 0 Å². The number of hydrogen-bond donors (Lipinski definition) is 1. The summed E-state index contributed by atoms with van der Waals surface area (Å²) < 4.78 is 24.2. The molecule has 3 rings (SSSR count). The number of nitrogens with zero attached hydrogens (tertiary/aromatic N) is 1. The van der Waals surface area contributed by atoms with Gasteiger partial charge in [0.25, 0.3) is 5.91 Å². The Kier molecular flexibility index (Phi) is 8.41. The van der Waals surface area contributed by atoms with Gasteiger partial charge in [-0.2, -0.15) is 0 Å². The molecule has 0 radical (unpaired) electrons. The van der Waals surface area contributed by atoms with E-state index in [9.17, 15) is 14.0 Å². The molecule has 0 fully saturated rings. The molecule has 0 aliphatic heterocycles. The highest BCUT2D eigenvalue weighted by Gasteiger charge is 2.26. The standard InChI is InChI=1S/C26H27FN2O4/c1-19(26(31)28-16-21-8-6-7-11-24(21)32-2)29(17-20-12-14-22(27)15-13-20)25(30)18-33-23-9-4-3-5-10-23/h3-15,19H,16-18H2,1-2H3,(H,28,31)/t19-/m0/s1. The summed E-state index contributed by atoms with van der Waals surface area (Å²) in [7, 11) is 1.57. The predicted molar refractivity (Wildman–Crippen MR) is 123 cm³/mol. The third kappa shape index (κ3) is 6.80. The van der Waals surface area contributed by atoms with Crippen molar-refractivity contribution in [2.45, 2.75) is 26.1 Å². The lowest BCUT2D eigenvalue weighted by atomic mass is 10.1. The smallest absolute Gasteiger partial charge is 0.261 e. The summed E-state index contributed by atoms with van der Waals surface area (Å²) >= 11 is 0. The summed E-state index contributed by atoms with van der Waals surface area (Å²) in [6.07, 6.45) is 0. The summed E-state index contributed by atoms with van der Waals surface area (Å²) in [5, 5.41) is 2.86. The number of halogens is 1. The third-order valence-electron chi connectivity index (χ3n) is 5.18. The van der Waals surface area contributed by atoms with Crippen molar-refractivity contribution in [1.82, 2.24) is 10.2 Å². The molecule has 0 saturated heterocycles. The lowest BCUT2D eigenvalue weighted by molar-refractivity contribution is -0.142. The molecule has 3 aromatic carbocycles. The van der Waals surface area contributed by atoms with Gasteiger partial charge in [0.2, 0.25) is 5.91 Å². The fourth-order valence-corrected chi connectivity index (χ4v) is 3.29. The molecular weight excluding hydrogens is 423 g/mol. The van der Waals surface area contributed by atoms with Gasteiger partial charge < -0.3 is 19.7 Å². The van der Waals surface area contributed by atoms with Crippen molar-refractivity contribution >= 4 is 11.8 Å². The van der Waals surface area contributed by atoms with Crippen molar-refractivity contribution in [3.05, 3.63) is 95.8 Å². The van der Waals surface area contributed by atoms with E-state index in [1.165, 1.54) is 17.0 Å². The van der Waals surface area contributed by atoms with Gasteiger partial charge in [-0.3, -0.25) is 9.59 Å². The van der Waals surface area contributed by atoms with Crippen molar-refractivity contribution in [3.63, 3.8) is 0 Å². The number of rotatable bonds is 10. The largest absolute Gasteiger partial charge is 0.496 e. The molecule has 1 atom stereocenters. The monoisotopic (exact) mass is 450 g/mol. The SMILES string of the molecule is COc1ccccc1CNC(=O)[C@H](C)N(Cc1ccc(F)cc1)C(=O)COc1ccccc1. The van der Waals surface area contributed by atoms with E-state index in [1.807, 2.05) is 42.5 Å². The number of methoxy groups -OCH3 is 1. The molecule has 33 heavy (non-hydrogen) atoms. The molecular formula is C26H27FN2O4. The normalized spacial score (nSPS) is 11.4. The highest BCUT2D eigenvalue weighted by Crippen LogP contribution is 2.17. The van der Waals surface area contributed by atoms with Crippen LogP contribution in [0.5, 0.6) is 11.5 Å². The number of ether oxygens (including phenoxy) is 2. The molecule has 0 saturated carbocycles. The second-order valence-electron chi connectivity index (χ2n) is 7.46. The van der Waals surface area contributed by atoms with Gasteiger partial charge in [0.1, 0.15) is 23.4 Å². The van der Waals surface area contributed by atoms with Crippen LogP contribution in [0.15, 0.2) is 78.9 Å². The van der Waals surface area contributed by atoms with Gasteiger partial charge in [-0.15, -0.1) is 0 Å². The van der Waals surface area contributed by atoms with Crippen LogP contribution in [0.25, 0.3) is 0 Å². The van der Waals surface area contributed by atoms with E-state index >= 15 is 0 Å². The van der Waals surface area contributed by atoms with Crippen LogP contribution >= 0.6 is 0 Å². The Labute approximate surface area is 192 Å². The maximum Gasteiger partial charge on any atom is 0.261 e. The summed E-state index contributed by atoms with van der Waals surface area (Å²) in [5.41, 5.74) is 1.53. The van der Waals surface area contributed by atoms with Crippen LogP contribution in [-0.4, -0.2) is 36.5 Å². The van der Waals surface area contributed by atoms with Crippen LogP contribution in [0, 0.1) is 5.82 Å². The number of benzene rings is 3. The fourth-order valence-electron chi connectivity index (χ4n) is 3.29. The van der Waals surface area contributed by atoms with Gasteiger partial charge in [-0.1, -0.05) is 48.5 Å². The average molecular weight is 451 g/mol. The molecule has 0 aliphatic carbocycles. The number of nitrogens with one attached hydrogen (secondary N) is 1. The summed E-state index contributed by atoms with van der Waals surface area (Å²) in [5.74, 6) is 0.174. The van der Waals surface area contributed by atoms with Crippen molar-refractivity contribution in [1.29, 1.82) is 0 Å². The quantitative estimate of drug-likeness (QED) is 0.508. The summed E-state index contributed by atoms with van der Waals surface area (Å²) in [4.78, 5) is 27.4. The Morgan fingerprint density at radius 2 is 1.64 bits per heavy atom. The Morgan fingerprint density at radius 1 is 0.970 bits per heavy atom. The van der Waals surface area contributed by atoms with Crippen LogP contribution in [0.1, 0.15) is 18.1 Å². The topological polar surface area (TPSA) is 67.9 Å². The number of carbonyl (C=O) groups excluding carboxylic acids is 2.